The number of nitrogens with zero attached hydrogens (tertiary/aromatic N) is 3. The van der Waals surface area contributed by atoms with Crippen LogP contribution >= 0.6 is 7.60 Å². The number of hydrogen-bond acceptors (Lipinski definition) is 7. The Labute approximate surface area is 127 Å². The van der Waals surface area contributed by atoms with Crippen molar-refractivity contribution in [3.63, 3.8) is 0 Å². The summed E-state index contributed by atoms with van der Waals surface area (Å²) in [7, 11) is -0.0946. The Hall–Kier alpha value is -1.76. The minimum absolute atomic E-state index is 0.353. The predicted octanol–water partition coefficient (Wildman–Crippen LogP) is 1.99. The largest absolute Gasteiger partial charge is 0.468 e. The van der Waals surface area contributed by atoms with Gasteiger partial charge in [0.05, 0.1) is 19.0 Å². The van der Waals surface area contributed by atoms with Gasteiger partial charge in [-0.05, 0) is 12.5 Å². The van der Waals surface area contributed by atoms with Crippen LogP contribution in [0.4, 0.5) is 0 Å². The highest BCUT2D eigenvalue weighted by Crippen LogP contribution is 2.60. The third-order valence-corrected chi connectivity index (χ3v) is 5.46. The van der Waals surface area contributed by atoms with E-state index in [1.54, 1.807) is 18.3 Å². The second kappa shape index (κ2) is 6.56. The van der Waals surface area contributed by atoms with E-state index < -0.39 is 19.2 Å². The van der Waals surface area contributed by atoms with Gasteiger partial charge in [0, 0.05) is 26.0 Å². The lowest BCUT2D eigenvalue weighted by molar-refractivity contribution is -0.140. The maximum Gasteiger partial charge on any atom is 0.350 e. The molecule has 0 saturated carbocycles. The van der Waals surface area contributed by atoms with Crippen molar-refractivity contribution in [1.82, 2.24) is 14.6 Å². The first-order valence-corrected chi connectivity index (χ1v) is 8.24. The highest BCUT2D eigenvalue weighted by atomic mass is 31.2. The molecule has 0 aliphatic rings. The van der Waals surface area contributed by atoms with Crippen LogP contribution in [0.2, 0.25) is 0 Å². The maximum atomic E-state index is 12.8. The van der Waals surface area contributed by atoms with Gasteiger partial charge in [-0.3, -0.25) is 9.36 Å². The van der Waals surface area contributed by atoms with Gasteiger partial charge in [0.2, 0.25) is 5.66 Å². The lowest BCUT2D eigenvalue weighted by Gasteiger charge is -2.23. The Kier molecular flexibility index (Phi) is 4.95. The molecular weight excluding hydrogens is 309 g/mol. The zero-order valence-electron chi connectivity index (χ0n) is 12.8. The normalized spacial score (nSPS) is 13.3. The summed E-state index contributed by atoms with van der Waals surface area (Å²) in [6, 6.07) is 3.35. The molecule has 0 aliphatic carbocycles. The Bertz CT molecular complexity index is 722. The van der Waals surface area contributed by atoms with Gasteiger partial charge in [-0.2, -0.15) is 5.10 Å². The number of carbonyl (C=O) groups is 1. The van der Waals surface area contributed by atoms with Gasteiger partial charge in [0.25, 0.3) is 0 Å². The molecule has 2 rings (SSSR count). The molecule has 1 unspecified atom stereocenters. The topological polar surface area (TPSA) is 92.0 Å². The van der Waals surface area contributed by atoms with Crippen LogP contribution in [0.15, 0.2) is 18.3 Å². The molecule has 2 aromatic heterocycles. The fourth-order valence-electron chi connectivity index (χ4n) is 2.18. The summed E-state index contributed by atoms with van der Waals surface area (Å²) in [5.41, 5.74) is 0.381. The second-order valence-electron chi connectivity index (χ2n) is 4.46. The Morgan fingerprint density at radius 3 is 2.59 bits per heavy atom. The van der Waals surface area contributed by atoms with Crippen molar-refractivity contribution < 1.29 is 23.1 Å². The summed E-state index contributed by atoms with van der Waals surface area (Å²) in [6.07, 6.45) is 2.19. The molecule has 1 atom stereocenters. The first kappa shape index (κ1) is 16.6. The van der Waals surface area contributed by atoms with Crippen LogP contribution in [0.25, 0.3) is 5.65 Å². The van der Waals surface area contributed by atoms with Crippen molar-refractivity contribution in [2.45, 2.75) is 19.0 Å². The minimum atomic E-state index is -3.76. The Balaban J connectivity index is 2.74. The molecule has 0 saturated heterocycles. The molecule has 0 aromatic carbocycles. The molecule has 0 radical (unpaired) electrons. The molecule has 22 heavy (non-hydrogen) atoms. The van der Waals surface area contributed by atoms with Crippen LogP contribution in [-0.4, -0.2) is 41.9 Å². The van der Waals surface area contributed by atoms with E-state index in [0.29, 0.717) is 17.8 Å². The molecular formula is C13H18N3O5P. The average molecular weight is 327 g/mol. The van der Waals surface area contributed by atoms with Gasteiger partial charge in [0.15, 0.2) is 5.65 Å². The maximum absolute atomic E-state index is 12.8. The van der Waals surface area contributed by atoms with E-state index in [1.807, 2.05) is 6.92 Å². The molecule has 0 fully saturated rings. The Morgan fingerprint density at radius 2 is 2.05 bits per heavy atom. The predicted molar refractivity (Wildman–Crippen MR) is 78.7 cm³/mol. The van der Waals surface area contributed by atoms with Crippen molar-refractivity contribution >= 4 is 19.2 Å². The van der Waals surface area contributed by atoms with Crippen LogP contribution < -0.4 is 0 Å². The van der Waals surface area contributed by atoms with Gasteiger partial charge in [0.1, 0.15) is 0 Å². The van der Waals surface area contributed by atoms with Gasteiger partial charge in [-0.1, -0.05) is 6.92 Å². The molecule has 0 spiro atoms. The van der Waals surface area contributed by atoms with E-state index in [1.165, 1.54) is 25.8 Å². The molecule has 0 amide bonds. The lowest BCUT2D eigenvalue weighted by atomic mass is 10.2. The van der Waals surface area contributed by atoms with Crippen molar-refractivity contribution in [3.05, 3.63) is 29.7 Å². The zero-order chi connectivity index (χ0) is 16.3. The van der Waals surface area contributed by atoms with Crippen LogP contribution in [-0.2, 0) is 29.6 Å². The molecule has 8 nitrogen and oxygen atoms in total. The summed E-state index contributed by atoms with van der Waals surface area (Å²) < 4.78 is 29.0. The number of aryl methyl sites for hydroxylation is 1. The molecule has 0 N–H and O–H groups in total. The second-order valence-corrected chi connectivity index (χ2v) is 6.78. The average Bonchev–Trinajstić information content (AvgIpc) is 3.02. The number of ether oxygens (including phenoxy) is 1. The number of carbonyl (C=O) groups excluding carboxylic acids is 1. The molecule has 120 valence electrons. The van der Waals surface area contributed by atoms with Crippen molar-refractivity contribution in [1.29, 1.82) is 0 Å². The third kappa shape index (κ3) is 2.77. The summed E-state index contributed by atoms with van der Waals surface area (Å²) in [5, 5.41) is 4.13. The summed E-state index contributed by atoms with van der Waals surface area (Å²) in [4.78, 5) is 16.6. The molecule has 0 aliphatic heterocycles. The number of aromatic nitrogens is 3. The fraction of sp³-hybridized carbons (Fsp3) is 0.462. The van der Waals surface area contributed by atoms with Crippen molar-refractivity contribution in [2.24, 2.45) is 0 Å². The standard InChI is InChI=1S/C13H18N3O5P/c1-5-9-8-10(16-11(15-9)6-7-14-16)12(13(17)19-2)22(18,20-3)21-4/h6-8,12H,5H2,1-4H3. The smallest absolute Gasteiger partial charge is 0.350 e. The van der Waals surface area contributed by atoms with E-state index in [9.17, 15) is 9.36 Å². The molecule has 2 heterocycles. The van der Waals surface area contributed by atoms with Crippen molar-refractivity contribution in [2.75, 3.05) is 21.3 Å². The van der Waals surface area contributed by atoms with E-state index in [4.69, 9.17) is 13.8 Å². The molecule has 9 heteroatoms. The molecule has 0 bridgehead atoms. The number of hydrogen-bond donors (Lipinski definition) is 0. The van der Waals surface area contributed by atoms with Gasteiger partial charge >= 0.3 is 13.6 Å². The van der Waals surface area contributed by atoms with Crippen LogP contribution in [0, 0.1) is 0 Å². The zero-order valence-corrected chi connectivity index (χ0v) is 13.7. The SMILES string of the molecule is CCc1cc(C(C(=O)OC)P(=O)(OC)OC)n2nccc2n1. The van der Waals surface area contributed by atoms with E-state index in [-0.39, 0.29) is 0 Å². The van der Waals surface area contributed by atoms with E-state index in [0.717, 1.165) is 5.69 Å². The van der Waals surface area contributed by atoms with E-state index in [2.05, 4.69) is 10.1 Å². The molecule has 2 aromatic rings. The fourth-order valence-corrected chi connectivity index (χ4v) is 3.62. The minimum Gasteiger partial charge on any atom is -0.468 e. The number of methoxy groups -OCH3 is 1. The number of rotatable bonds is 6. The summed E-state index contributed by atoms with van der Waals surface area (Å²) >= 11 is 0. The lowest BCUT2D eigenvalue weighted by Crippen LogP contribution is -2.20. The number of fused-ring (bicyclic) bond motifs is 1. The van der Waals surface area contributed by atoms with Gasteiger partial charge in [-0.15, -0.1) is 0 Å². The summed E-state index contributed by atoms with van der Waals surface area (Å²) in [6.45, 7) is 1.93. The van der Waals surface area contributed by atoms with Crippen LogP contribution in [0.5, 0.6) is 0 Å². The highest BCUT2D eigenvalue weighted by Gasteiger charge is 2.44. The quantitative estimate of drug-likeness (QED) is 0.592. The third-order valence-electron chi connectivity index (χ3n) is 3.33. The van der Waals surface area contributed by atoms with Crippen LogP contribution in [0.3, 0.4) is 0 Å². The highest BCUT2D eigenvalue weighted by molar-refractivity contribution is 7.55. The van der Waals surface area contributed by atoms with Crippen LogP contribution in [0.1, 0.15) is 24.0 Å². The van der Waals surface area contributed by atoms with E-state index >= 15 is 0 Å². The first-order valence-electron chi connectivity index (χ1n) is 6.63. The summed E-state index contributed by atoms with van der Waals surface area (Å²) in [5.74, 6) is -0.725. The number of esters is 1. The monoisotopic (exact) mass is 327 g/mol. The van der Waals surface area contributed by atoms with Crippen molar-refractivity contribution in [3.8, 4) is 0 Å². The van der Waals surface area contributed by atoms with Gasteiger partial charge < -0.3 is 13.8 Å². The Morgan fingerprint density at radius 1 is 1.36 bits per heavy atom. The van der Waals surface area contributed by atoms with Gasteiger partial charge in [-0.25, -0.2) is 9.50 Å². The first-order chi connectivity index (χ1) is 10.5.